The van der Waals surface area contributed by atoms with Crippen LogP contribution in [0.1, 0.15) is 5.56 Å². The van der Waals surface area contributed by atoms with Crippen molar-refractivity contribution in [2.24, 2.45) is 0 Å². The molecule has 26 heavy (non-hydrogen) atoms. The van der Waals surface area contributed by atoms with Crippen molar-refractivity contribution in [3.63, 3.8) is 0 Å². The van der Waals surface area contributed by atoms with Gasteiger partial charge < -0.3 is 10.2 Å². The van der Waals surface area contributed by atoms with Crippen LogP contribution >= 0.6 is 23.1 Å². The summed E-state index contributed by atoms with van der Waals surface area (Å²) >= 11 is 3.24. The molecule has 3 aromatic heterocycles. The van der Waals surface area contributed by atoms with E-state index in [-0.39, 0.29) is 0 Å². The van der Waals surface area contributed by atoms with Gasteiger partial charge in [-0.25, -0.2) is 19.9 Å². The highest BCUT2D eigenvalue weighted by Crippen LogP contribution is 2.31. The molecule has 6 nitrogen and oxygen atoms in total. The molecule has 3 heterocycles. The third-order valence-corrected chi connectivity index (χ3v) is 6.08. The van der Waals surface area contributed by atoms with E-state index in [0.717, 1.165) is 37.2 Å². The number of thioether (sulfide) groups is 1. The highest BCUT2D eigenvalue weighted by Gasteiger charge is 2.12. The molecule has 0 aliphatic heterocycles. The number of nitrogens with zero attached hydrogens (tertiary/aromatic N) is 5. The van der Waals surface area contributed by atoms with E-state index >= 15 is 0 Å². The molecule has 0 bridgehead atoms. The van der Waals surface area contributed by atoms with E-state index in [1.807, 2.05) is 43.5 Å². The number of aromatic nitrogens is 4. The smallest absolute Gasteiger partial charge is 0.176 e. The summed E-state index contributed by atoms with van der Waals surface area (Å²) in [5, 5.41) is 4.61. The van der Waals surface area contributed by atoms with Crippen molar-refractivity contribution in [1.29, 1.82) is 0 Å². The van der Waals surface area contributed by atoms with E-state index in [1.54, 1.807) is 29.4 Å². The molecule has 1 aromatic carbocycles. The third-order valence-electron chi connectivity index (χ3n) is 4.04. The molecule has 4 aromatic rings. The fourth-order valence-corrected chi connectivity index (χ4v) is 4.21. The van der Waals surface area contributed by atoms with Gasteiger partial charge in [-0.2, -0.15) is 0 Å². The van der Waals surface area contributed by atoms with Crippen molar-refractivity contribution < 1.29 is 0 Å². The van der Waals surface area contributed by atoms with Crippen LogP contribution in [-0.4, -0.2) is 40.3 Å². The summed E-state index contributed by atoms with van der Waals surface area (Å²) in [4.78, 5) is 19.9. The van der Waals surface area contributed by atoms with E-state index in [1.165, 1.54) is 5.56 Å². The normalized spacial score (nSPS) is 11.2. The Morgan fingerprint density at radius 3 is 2.81 bits per heavy atom. The molecule has 0 saturated carbocycles. The zero-order valence-corrected chi connectivity index (χ0v) is 16.4. The van der Waals surface area contributed by atoms with E-state index in [0.29, 0.717) is 6.54 Å². The van der Waals surface area contributed by atoms with Crippen LogP contribution in [0.5, 0.6) is 0 Å². The first-order valence-corrected chi connectivity index (χ1v) is 10.1. The summed E-state index contributed by atoms with van der Waals surface area (Å²) < 4.78 is 1.98. The first kappa shape index (κ1) is 17.0. The first-order valence-electron chi connectivity index (χ1n) is 8.11. The van der Waals surface area contributed by atoms with Gasteiger partial charge in [0, 0.05) is 26.0 Å². The number of pyridine rings is 1. The van der Waals surface area contributed by atoms with Gasteiger partial charge in [-0.05, 0) is 24.0 Å². The lowest BCUT2D eigenvalue weighted by Crippen LogP contribution is -2.12. The summed E-state index contributed by atoms with van der Waals surface area (Å²) in [6, 6.07) is 10.3. The molecule has 132 valence electrons. The van der Waals surface area contributed by atoms with E-state index in [2.05, 4.69) is 32.4 Å². The van der Waals surface area contributed by atoms with Gasteiger partial charge in [-0.15, -0.1) is 11.3 Å². The zero-order valence-electron chi connectivity index (χ0n) is 14.7. The molecule has 4 rings (SSSR count). The average Bonchev–Trinajstić information content (AvgIpc) is 3.09. The third kappa shape index (κ3) is 3.17. The zero-order chi connectivity index (χ0) is 18.1. The van der Waals surface area contributed by atoms with Gasteiger partial charge >= 0.3 is 0 Å². The van der Waals surface area contributed by atoms with Crippen molar-refractivity contribution in [3.05, 3.63) is 42.2 Å². The molecule has 0 amide bonds. The number of nitrogens with one attached hydrogen (secondary N) is 1. The first-order chi connectivity index (χ1) is 12.7. The van der Waals surface area contributed by atoms with E-state index in [4.69, 9.17) is 4.98 Å². The summed E-state index contributed by atoms with van der Waals surface area (Å²) in [5.41, 5.74) is 2.91. The summed E-state index contributed by atoms with van der Waals surface area (Å²) in [5.74, 6) is 1.76. The van der Waals surface area contributed by atoms with Crippen LogP contribution in [-0.2, 0) is 6.54 Å². The minimum atomic E-state index is 0.655. The van der Waals surface area contributed by atoms with Crippen LogP contribution in [0, 0.1) is 0 Å². The van der Waals surface area contributed by atoms with Gasteiger partial charge in [0.25, 0.3) is 0 Å². The van der Waals surface area contributed by atoms with Gasteiger partial charge in [0.1, 0.15) is 22.7 Å². The largest absolute Gasteiger partial charge is 0.365 e. The number of anilines is 2. The van der Waals surface area contributed by atoms with Crippen LogP contribution in [0.2, 0.25) is 0 Å². The van der Waals surface area contributed by atoms with Gasteiger partial charge in [0.05, 0.1) is 5.52 Å². The molecule has 0 spiro atoms. The van der Waals surface area contributed by atoms with E-state index < -0.39 is 0 Å². The second-order valence-corrected chi connectivity index (χ2v) is 8.02. The predicted octanol–water partition coefficient (Wildman–Crippen LogP) is 4.03. The topological polar surface area (TPSA) is 66.8 Å². The van der Waals surface area contributed by atoms with Crippen molar-refractivity contribution in [3.8, 4) is 0 Å². The Kier molecular flexibility index (Phi) is 4.60. The van der Waals surface area contributed by atoms with Crippen molar-refractivity contribution >= 4 is 56.0 Å². The average molecular weight is 383 g/mol. The molecular weight excluding hydrogens is 364 g/mol. The highest BCUT2D eigenvalue weighted by atomic mass is 32.2. The van der Waals surface area contributed by atoms with Gasteiger partial charge in [-0.3, -0.25) is 0 Å². The molecule has 0 saturated heterocycles. The summed E-state index contributed by atoms with van der Waals surface area (Å²) in [6.07, 6.45) is 3.58. The molecule has 0 aliphatic rings. The highest BCUT2D eigenvalue weighted by molar-refractivity contribution is 8.00. The molecule has 0 atom stereocenters. The molecule has 0 radical (unpaired) electrons. The van der Waals surface area contributed by atoms with Crippen LogP contribution in [0.15, 0.2) is 41.0 Å². The Balaban J connectivity index is 1.71. The predicted molar refractivity (Wildman–Crippen MR) is 110 cm³/mol. The number of rotatable bonds is 5. The molecule has 0 fully saturated rings. The van der Waals surface area contributed by atoms with Crippen LogP contribution in [0.3, 0.4) is 0 Å². The van der Waals surface area contributed by atoms with Crippen LogP contribution in [0.25, 0.3) is 21.3 Å². The number of hydrogen-bond acceptors (Lipinski definition) is 8. The molecule has 0 unspecified atom stereocenters. The fourth-order valence-electron chi connectivity index (χ4n) is 2.73. The maximum atomic E-state index is 4.72. The number of benzene rings is 1. The maximum Gasteiger partial charge on any atom is 0.176 e. The Morgan fingerprint density at radius 1 is 1.15 bits per heavy atom. The molecule has 0 aliphatic carbocycles. The van der Waals surface area contributed by atoms with Crippen molar-refractivity contribution in [1.82, 2.24) is 19.9 Å². The lowest BCUT2D eigenvalue weighted by molar-refractivity contribution is 1.06. The second-order valence-electron chi connectivity index (χ2n) is 5.96. The summed E-state index contributed by atoms with van der Waals surface area (Å²) in [7, 11) is 4.01. The molecular formula is C18H18N6S2. The number of hydrogen-bond donors (Lipinski definition) is 1. The van der Waals surface area contributed by atoms with Gasteiger partial charge in [0.2, 0.25) is 0 Å². The lowest BCUT2D eigenvalue weighted by Gasteiger charge is -2.15. The number of thiazole rings is 1. The number of para-hydroxylation sites is 1. The fraction of sp³-hybridized carbons (Fsp3) is 0.222. The minimum absolute atomic E-state index is 0.655. The molecule has 8 heteroatoms. The van der Waals surface area contributed by atoms with E-state index in [9.17, 15) is 0 Å². The Bertz CT molecular complexity index is 1080. The van der Waals surface area contributed by atoms with Gasteiger partial charge in [0.15, 0.2) is 9.99 Å². The quantitative estimate of drug-likeness (QED) is 0.523. The Morgan fingerprint density at radius 2 is 2.00 bits per heavy atom. The second kappa shape index (κ2) is 7.05. The molecule has 1 N–H and O–H groups in total. The van der Waals surface area contributed by atoms with Crippen molar-refractivity contribution in [2.45, 2.75) is 10.9 Å². The summed E-state index contributed by atoms with van der Waals surface area (Å²) in [6.45, 7) is 0.655. The standard InChI is InChI=1S/C18H18N6S2/c1-24(2)14-8-11(12-6-4-5-7-13(12)22-14)9-19-16-15-17(21-10-20-16)23-18(25-3)26-15/h4-8,10H,9H2,1-3H3,(H,19,20,21). The monoisotopic (exact) mass is 382 g/mol. The number of fused-ring (bicyclic) bond motifs is 2. The SMILES string of the molecule is CSc1nc2ncnc(NCc3cc(N(C)C)nc4ccccc34)c2s1. The van der Waals surface area contributed by atoms with Crippen LogP contribution < -0.4 is 10.2 Å². The Hall–Kier alpha value is -2.45. The van der Waals surface area contributed by atoms with Gasteiger partial charge in [-0.1, -0.05) is 30.0 Å². The Labute approximate surface area is 159 Å². The maximum absolute atomic E-state index is 4.72. The minimum Gasteiger partial charge on any atom is -0.365 e. The lowest BCUT2D eigenvalue weighted by atomic mass is 10.1. The van der Waals surface area contributed by atoms with Crippen molar-refractivity contribution in [2.75, 3.05) is 30.6 Å². The van der Waals surface area contributed by atoms with Crippen LogP contribution in [0.4, 0.5) is 11.6 Å².